The first-order valence-corrected chi connectivity index (χ1v) is 6.87. The van der Waals surface area contributed by atoms with Crippen LogP contribution in [-0.4, -0.2) is 10.1 Å². The smallest absolute Gasteiger partial charge is 0.270 e. The second kappa shape index (κ2) is 6.24. The first-order chi connectivity index (χ1) is 9.90. The van der Waals surface area contributed by atoms with E-state index in [4.69, 9.17) is 16.1 Å². The van der Waals surface area contributed by atoms with Crippen LogP contribution in [0.1, 0.15) is 35.5 Å². The zero-order valence-electron chi connectivity index (χ0n) is 12.0. The van der Waals surface area contributed by atoms with E-state index in [2.05, 4.69) is 10.5 Å². The summed E-state index contributed by atoms with van der Waals surface area (Å²) in [5, 5.41) is 18.3. The molecule has 7 heteroatoms. The van der Waals surface area contributed by atoms with Crippen LogP contribution in [0.2, 0.25) is 5.02 Å². The molecular weight excluding hydrogens is 294 g/mol. The number of nitrogens with one attached hydrogen (secondary N) is 1. The summed E-state index contributed by atoms with van der Waals surface area (Å²) in [6.07, 6.45) is 0. The van der Waals surface area contributed by atoms with Crippen LogP contribution < -0.4 is 5.32 Å². The van der Waals surface area contributed by atoms with Gasteiger partial charge in [0.15, 0.2) is 0 Å². The number of hydrogen-bond donors (Lipinski definition) is 1. The summed E-state index contributed by atoms with van der Waals surface area (Å²) in [6, 6.07) is 4.51. The van der Waals surface area contributed by atoms with Gasteiger partial charge in [-0.3, -0.25) is 10.1 Å². The summed E-state index contributed by atoms with van der Waals surface area (Å²) in [6.45, 7) is 6.27. The van der Waals surface area contributed by atoms with Gasteiger partial charge in [-0.15, -0.1) is 0 Å². The fourth-order valence-corrected chi connectivity index (χ4v) is 2.51. The van der Waals surface area contributed by atoms with Crippen LogP contribution >= 0.6 is 11.6 Å². The molecule has 1 aromatic carbocycles. The molecule has 1 atom stereocenters. The largest absolute Gasteiger partial charge is 0.361 e. The number of rotatable bonds is 5. The third-order valence-electron chi connectivity index (χ3n) is 3.37. The summed E-state index contributed by atoms with van der Waals surface area (Å²) < 4.78 is 5.14. The van der Waals surface area contributed by atoms with Gasteiger partial charge in [0.05, 0.1) is 15.6 Å². The van der Waals surface area contributed by atoms with Gasteiger partial charge in [-0.05, 0) is 32.4 Å². The lowest BCUT2D eigenvalue weighted by atomic mass is 10.1. The third kappa shape index (κ3) is 3.40. The fraction of sp³-hybridized carbons (Fsp3) is 0.357. The van der Waals surface area contributed by atoms with Crippen molar-refractivity contribution in [3.8, 4) is 0 Å². The van der Waals surface area contributed by atoms with Crippen molar-refractivity contribution in [3.05, 3.63) is 55.9 Å². The van der Waals surface area contributed by atoms with E-state index in [0.29, 0.717) is 11.6 Å². The molecule has 2 rings (SSSR count). The summed E-state index contributed by atoms with van der Waals surface area (Å²) in [5.41, 5.74) is 2.67. The Morgan fingerprint density at radius 3 is 2.71 bits per heavy atom. The van der Waals surface area contributed by atoms with Crippen LogP contribution in [0.4, 0.5) is 5.69 Å². The molecule has 1 N–H and O–H groups in total. The third-order valence-corrected chi connectivity index (χ3v) is 3.72. The molecule has 1 unspecified atom stereocenters. The number of nitro groups is 1. The highest BCUT2D eigenvalue weighted by atomic mass is 35.5. The predicted octanol–water partition coefficient (Wildman–Crippen LogP) is 3.70. The molecule has 2 aromatic rings. The maximum atomic E-state index is 10.7. The number of halogens is 1. The van der Waals surface area contributed by atoms with E-state index >= 15 is 0 Å². The van der Waals surface area contributed by atoms with Crippen LogP contribution in [0.5, 0.6) is 0 Å². The number of nitrogens with zero attached hydrogens (tertiary/aromatic N) is 2. The number of hydrogen-bond acceptors (Lipinski definition) is 5. The van der Waals surface area contributed by atoms with Crippen molar-refractivity contribution in [2.24, 2.45) is 0 Å². The molecule has 1 heterocycles. The van der Waals surface area contributed by atoms with Gasteiger partial charge < -0.3 is 9.84 Å². The number of aryl methyl sites for hydroxylation is 2. The quantitative estimate of drug-likeness (QED) is 0.672. The molecule has 0 bridgehead atoms. The van der Waals surface area contributed by atoms with Crippen molar-refractivity contribution in [3.63, 3.8) is 0 Å². The summed E-state index contributed by atoms with van der Waals surface area (Å²) in [5.74, 6) is 0.780. The van der Waals surface area contributed by atoms with Crippen LogP contribution in [0.25, 0.3) is 0 Å². The maximum Gasteiger partial charge on any atom is 0.270 e. The lowest BCUT2D eigenvalue weighted by molar-refractivity contribution is -0.384. The highest BCUT2D eigenvalue weighted by molar-refractivity contribution is 6.31. The van der Waals surface area contributed by atoms with Crippen molar-refractivity contribution < 1.29 is 9.45 Å². The Labute approximate surface area is 127 Å². The highest BCUT2D eigenvalue weighted by Crippen LogP contribution is 2.25. The minimum absolute atomic E-state index is 0.0116. The monoisotopic (exact) mass is 309 g/mol. The number of benzene rings is 1. The Hall–Kier alpha value is -1.92. The minimum atomic E-state index is -0.463. The molecule has 0 radical (unpaired) electrons. The first kappa shape index (κ1) is 15.5. The van der Waals surface area contributed by atoms with Gasteiger partial charge in [-0.25, -0.2) is 0 Å². The number of aromatic nitrogens is 1. The van der Waals surface area contributed by atoms with Gasteiger partial charge in [0, 0.05) is 30.3 Å². The van der Waals surface area contributed by atoms with E-state index in [1.54, 1.807) is 6.07 Å². The van der Waals surface area contributed by atoms with Crippen molar-refractivity contribution >= 4 is 17.3 Å². The normalized spacial score (nSPS) is 12.4. The minimum Gasteiger partial charge on any atom is -0.361 e. The van der Waals surface area contributed by atoms with Gasteiger partial charge in [0.2, 0.25) is 0 Å². The predicted molar refractivity (Wildman–Crippen MR) is 79.3 cm³/mol. The molecule has 0 aliphatic rings. The van der Waals surface area contributed by atoms with Gasteiger partial charge in [-0.2, -0.15) is 0 Å². The van der Waals surface area contributed by atoms with Gasteiger partial charge in [0.1, 0.15) is 5.76 Å². The molecule has 0 saturated carbocycles. The Balaban J connectivity index is 2.08. The lowest BCUT2D eigenvalue weighted by Gasteiger charge is -2.14. The van der Waals surface area contributed by atoms with Crippen LogP contribution in [0, 0.1) is 24.0 Å². The zero-order chi connectivity index (χ0) is 15.6. The van der Waals surface area contributed by atoms with Crippen molar-refractivity contribution in [1.29, 1.82) is 0 Å². The molecule has 1 aromatic heterocycles. The Bertz CT molecular complexity index is 650. The maximum absolute atomic E-state index is 10.7. The standard InChI is InChI=1S/C14H16ClN3O3/c1-8(14-9(2)17-21-10(14)3)16-7-11-4-5-12(18(19)20)6-13(11)15/h4-6,8,16H,7H2,1-3H3. The lowest BCUT2D eigenvalue weighted by Crippen LogP contribution is -2.19. The molecule has 6 nitrogen and oxygen atoms in total. The van der Waals surface area contributed by atoms with Crippen LogP contribution in [-0.2, 0) is 6.54 Å². The summed E-state index contributed by atoms with van der Waals surface area (Å²) >= 11 is 6.07. The van der Waals surface area contributed by atoms with E-state index in [1.807, 2.05) is 20.8 Å². The average Bonchev–Trinajstić information content (AvgIpc) is 2.76. The summed E-state index contributed by atoms with van der Waals surface area (Å²) in [4.78, 5) is 10.2. The zero-order valence-corrected chi connectivity index (χ0v) is 12.8. The summed E-state index contributed by atoms with van der Waals surface area (Å²) in [7, 11) is 0. The van der Waals surface area contributed by atoms with E-state index in [0.717, 1.165) is 22.6 Å². The molecule has 0 amide bonds. The van der Waals surface area contributed by atoms with E-state index in [9.17, 15) is 10.1 Å². The number of non-ortho nitro benzene ring substituents is 1. The Morgan fingerprint density at radius 1 is 1.48 bits per heavy atom. The second-order valence-electron chi connectivity index (χ2n) is 4.87. The van der Waals surface area contributed by atoms with Crippen molar-refractivity contribution in [1.82, 2.24) is 10.5 Å². The molecular formula is C14H16ClN3O3. The SMILES string of the molecule is Cc1noc(C)c1C(C)NCc1ccc([N+](=O)[O-])cc1Cl. The van der Waals surface area contributed by atoms with Crippen LogP contribution in [0.15, 0.2) is 22.7 Å². The van der Waals surface area contributed by atoms with E-state index in [1.165, 1.54) is 12.1 Å². The Kier molecular flexibility index (Phi) is 4.59. The molecule has 112 valence electrons. The van der Waals surface area contributed by atoms with E-state index < -0.39 is 4.92 Å². The topological polar surface area (TPSA) is 81.2 Å². The number of nitro benzene ring substituents is 1. The van der Waals surface area contributed by atoms with Gasteiger partial charge in [-0.1, -0.05) is 16.8 Å². The average molecular weight is 310 g/mol. The molecule has 0 fully saturated rings. The molecule has 0 saturated heterocycles. The molecule has 21 heavy (non-hydrogen) atoms. The van der Waals surface area contributed by atoms with Crippen LogP contribution in [0.3, 0.4) is 0 Å². The van der Waals surface area contributed by atoms with Gasteiger partial charge >= 0.3 is 0 Å². The van der Waals surface area contributed by atoms with Crippen molar-refractivity contribution in [2.75, 3.05) is 0 Å². The first-order valence-electron chi connectivity index (χ1n) is 6.49. The second-order valence-corrected chi connectivity index (χ2v) is 5.28. The fourth-order valence-electron chi connectivity index (χ4n) is 2.27. The van der Waals surface area contributed by atoms with Crippen molar-refractivity contribution in [2.45, 2.75) is 33.4 Å². The molecule has 0 aliphatic carbocycles. The van der Waals surface area contributed by atoms with Gasteiger partial charge in [0.25, 0.3) is 5.69 Å². The molecule has 0 aliphatic heterocycles. The highest BCUT2D eigenvalue weighted by Gasteiger charge is 2.16. The molecule has 0 spiro atoms. The van der Waals surface area contributed by atoms with E-state index in [-0.39, 0.29) is 11.7 Å². The Morgan fingerprint density at radius 2 is 2.19 bits per heavy atom.